The van der Waals surface area contributed by atoms with E-state index >= 15 is 0 Å². The average molecular weight is 382 g/mol. The molecule has 1 aliphatic heterocycles. The third-order valence-electron chi connectivity index (χ3n) is 4.74. The van der Waals surface area contributed by atoms with Crippen molar-refractivity contribution in [2.75, 3.05) is 5.32 Å². The molecular formula is C21H20F2N4O. The Balaban J connectivity index is 1.88. The van der Waals surface area contributed by atoms with Crippen molar-refractivity contribution in [1.29, 1.82) is 0 Å². The summed E-state index contributed by atoms with van der Waals surface area (Å²) in [7, 11) is 0. The summed E-state index contributed by atoms with van der Waals surface area (Å²) in [5, 5.41) is 6.22. The van der Waals surface area contributed by atoms with Crippen LogP contribution in [0.1, 0.15) is 25.2 Å². The summed E-state index contributed by atoms with van der Waals surface area (Å²) in [5.41, 5.74) is 1.89. The number of hydrogen-bond acceptors (Lipinski definition) is 3. The molecule has 4 rings (SSSR count). The minimum atomic E-state index is -0.662. The van der Waals surface area contributed by atoms with Crippen molar-refractivity contribution in [2.24, 2.45) is 0 Å². The highest BCUT2D eigenvalue weighted by atomic mass is 19.1. The highest BCUT2D eigenvalue weighted by molar-refractivity contribution is 5.83. The van der Waals surface area contributed by atoms with Gasteiger partial charge in [-0.1, -0.05) is 12.1 Å². The van der Waals surface area contributed by atoms with Crippen LogP contribution in [-0.2, 0) is 23.6 Å². The normalized spacial score (nSPS) is 15.1. The van der Waals surface area contributed by atoms with Crippen molar-refractivity contribution < 1.29 is 13.6 Å². The van der Waals surface area contributed by atoms with Crippen LogP contribution in [0.3, 0.4) is 0 Å². The zero-order chi connectivity index (χ0) is 19.9. The standard InChI is InChI=1S/C21H20F2N4O/c1-21(2)20-25-18(14-6-8-15(23)9-7-14)19(27(20)12-17(28)26-21)24-16-5-3-4-13(10-16)11-22/h3-10,24H,11-12H2,1-2H3,(H,26,28). The number of fused-ring (bicyclic) bond motifs is 1. The Bertz CT molecular complexity index is 1040. The SMILES string of the molecule is CC1(C)NC(=O)Cn2c1nc(-c1ccc(F)cc1)c2Nc1cccc(CF)c1. The summed E-state index contributed by atoms with van der Waals surface area (Å²) >= 11 is 0. The topological polar surface area (TPSA) is 59.0 Å². The second-order valence-electron chi connectivity index (χ2n) is 7.36. The fraction of sp³-hybridized carbons (Fsp3) is 0.238. The van der Waals surface area contributed by atoms with E-state index in [1.54, 1.807) is 30.3 Å². The first-order valence-electron chi connectivity index (χ1n) is 8.97. The Hall–Kier alpha value is -3.22. The molecule has 2 aromatic carbocycles. The van der Waals surface area contributed by atoms with Crippen LogP contribution in [0.15, 0.2) is 48.5 Å². The molecule has 0 radical (unpaired) electrons. The van der Waals surface area contributed by atoms with Gasteiger partial charge in [0, 0.05) is 11.3 Å². The van der Waals surface area contributed by atoms with Crippen LogP contribution in [0.5, 0.6) is 0 Å². The number of rotatable bonds is 4. The number of carbonyl (C=O) groups is 1. The average Bonchev–Trinajstić information content (AvgIpc) is 3.01. The van der Waals surface area contributed by atoms with Gasteiger partial charge in [-0.25, -0.2) is 13.8 Å². The lowest BCUT2D eigenvalue weighted by molar-refractivity contribution is -0.124. The Morgan fingerprint density at radius 2 is 1.96 bits per heavy atom. The fourth-order valence-corrected chi connectivity index (χ4v) is 3.48. The second kappa shape index (κ2) is 6.74. The van der Waals surface area contributed by atoms with Gasteiger partial charge in [0.2, 0.25) is 5.91 Å². The number of anilines is 2. The number of nitrogens with one attached hydrogen (secondary N) is 2. The summed E-state index contributed by atoms with van der Waals surface area (Å²) in [4.78, 5) is 17.0. The number of alkyl halides is 1. The summed E-state index contributed by atoms with van der Waals surface area (Å²) < 4.78 is 28.3. The number of imidazole rings is 1. The maximum absolute atomic E-state index is 13.4. The van der Waals surface area contributed by atoms with Gasteiger partial charge in [-0.15, -0.1) is 0 Å². The number of nitrogens with zero attached hydrogens (tertiary/aromatic N) is 2. The number of aromatic nitrogens is 2. The van der Waals surface area contributed by atoms with Crippen molar-refractivity contribution >= 4 is 17.4 Å². The third-order valence-corrected chi connectivity index (χ3v) is 4.74. The van der Waals surface area contributed by atoms with Gasteiger partial charge in [-0.3, -0.25) is 4.79 Å². The van der Waals surface area contributed by atoms with E-state index < -0.39 is 12.2 Å². The first-order chi connectivity index (χ1) is 13.4. The number of halogens is 2. The Labute approximate surface area is 161 Å². The maximum Gasteiger partial charge on any atom is 0.240 e. The Morgan fingerprint density at radius 1 is 1.21 bits per heavy atom. The summed E-state index contributed by atoms with van der Waals surface area (Å²) in [6.07, 6.45) is 0. The van der Waals surface area contributed by atoms with Crippen LogP contribution < -0.4 is 10.6 Å². The van der Waals surface area contributed by atoms with Gasteiger partial charge >= 0.3 is 0 Å². The van der Waals surface area contributed by atoms with E-state index in [0.29, 0.717) is 28.6 Å². The van der Waals surface area contributed by atoms with Crippen LogP contribution in [0.25, 0.3) is 11.3 Å². The molecule has 1 aromatic heterocycles. The van der Waals surface area contributed by atoms with Crippen molar-refractivity contribution in [2.45, 2.75) is 32.6 Å². The molecule has 1 aliphatic rings. The predicted molar refractivity (Wildman–Crippen MR) is 103 cm³/mol. The molecule has 7 heteroatoms. The zero-order valence-corrected chi connectivity index (χ0v) is 15.6. The molecular weight excluding hydrogens is 362 g/mol. The molecule has 2 heterocycles. The fourth-order valence-electron chi connectivity index (χ4n) is 3.48. The van der Waals surface area contributed by atoms with Gasteiger partial charge in [0.1, 0.15) is 36.4 Å². The Kier molecular flexibility index (Phi) is 4.37. The lowest BCUT2D eigenvalue weighted by Gasteiger charge is -2.31. The molecule has 1 amide bonds. The number of benzene rings is 2. The van der Waals surface area contributed by atoms with Crippen LogP contribution in [-0.4, -0.2) is 15.5 Å². The quantitative estimate of drug-likeness (QED) is 0.709. The molecule has 0 bridgehead atoms. The number of amides is 1. The minimum absolute atomic E-state index is 0.109. The second-order valence-corrected chi connectivity index (χ2v) is 7.36. The molecule has 2 N–H and O–H groups in total. The van der Waals surface area contributed by atoms with E-state index in [0.717, 1.165) is 5.56 Å². The molecule has 0 atom stereocenters. The van der Waals surface area contributed by atoms with Crippen molar-refractivity contribution in [3.05, 3.63) is 65.7 Å². The highest BCUT2D eigenvalue weighted by Crippen LogP contribution is 2.36. The predicted octanol–water partition coefficient (Wildman–Crippen LogP) is 4.27. The lowest BCUT2D eigenvalue weighted by Crippen LogP contribution is -2.49. The van der Waals surface area contributed by atoms with Gasteiger partial charge in [0.05, 0.1) is 5.54 Å². The van der Waals surface area contributed by atoms with E-state index in [2.05, 4.69) is 10.6 Å². The van der Waals surface area contributed by atoms with Gasteiger partial charge in [-0.2, -0.15) is 0 Å². The molecule has 28 heavy (non-hydrogen) atoms. The molecule has 3 aromatic rings. The van der Waals surface area contributed by atoms with Crippen molar-refractivity contribution in [3.63, 3.8) is 0 Å². The largest absolute Gasteiger partial charge is 0.342 e. The van der Waals surface area contributed by atoms with Crippen LogP contribution in [0, 0.1) is 5.82 Å². The van der Waals surface area contributed by atoms with Gasteiger partial charge < -0.3 is 15.2 Å². The molecule has 0 unspecified atom stereocenters. The Morgan fingerprint density at radius 3 is 2.68 bits per heavy atom. The first kappa shape index (κ1) is 18.2. The molecule has 144 valence electrons. The van der Waals surface area contributed by atoms with Crippen LogP contribution in [0.2, 0.25) is 0 Å². The van der Waals surface area contributed by atoms with Crippen LogP contribution in [0.4, 0.5) is 20.3 Å². The maximum atomic E-state index is 13.4. The number of carbonyl (C=O) groups excluding carboxylic acids is 1. The smallest absolute Gasteiger partial charge is 0.240 e. The van der Waals surface area contributed by atoms with Gasteiger partial charge in [0.25, 0.3) is 0 Å². The lowest BCUT2D eigenvalue weighted by atomic mass is 10.0. The zero-order valence-electron chi connectivity index (χ0n) is 15.6. The van der Waals surface area contributed by atoms with E-state index in [-0.39, 0.29) is 18.3 Å². The molecule has 0 fully saturated rings. The third kappa shape index (κ3) is 3.24. The van der Waals surface area contributed by atoms with Gasteiger partial charge in [0.15, 0.2) is 0 Å². The van der Waals surface area contributed by atoms with E-state index in [9.17, 15) is 13.6 Å². The minimum Gasteiger partial charge on any atom is -0.342 e. The summed E-state index contributed by atoms with van der Waals surface area (Å²) in [6, 6.07) is 13.0. The van der Waals surface area contributed by atoms with Gasteiger partial charge in [-0.05, 0) is 55.8 Å². The van der Waals surface area contributed by atoms with E-state index in [4.69, 9.17) is 4.98 Å². The molecule has 0 saturated carbocycles. The molecule has 5 nitrogen and oxygen atoms in total. The molecule has 0 spiro atoms. The summed E-state index contributed by atoms with van der Waals surface area (Å²) in [5.74, 6) is 0.840. The molecule has 0 aliphatic carbocycles. The van der Waals surface area contributed by atoms with Crippen molar-refractivity contribution in [1.82, 2.24) is 14.9 Å². The molecule has 0 saturated heterocycles. The monoisotopic (exact) mass is 382 g/mol. The van der Waals surface area contributed by atoms with Crippen LogP contribution >= 0.6 is 0 Å². The highest BCUT2D eigenvalue weighted by Gasteiger charge is 2.36. The van der Waals surface area contributed by atoms with E-state index in [1.165, 1.54) is 12.1 Å². The number of hydrogen-bond donors (Lipinski definition) is 2. The first-order valence-corrected chi connectivity index (χ1v) is 8.97. The van der Waals surface area contributed by atoms with E-state index in [1.807, 2.05) is 24.5 Å². The summed E-state index contributed by atoms with van der Waals surface area (Å²) in [6.45, 7) is 3.30. The van der Waals surface area contributed by atoms with Crippen molar-refractivity contribution in [3.8, 4) is 11.3 Å².